The Kier molecular flexibility index (Phi) is 17.9. The Morgan fingerprint density at radius 1 is 1.03 bits per heavy atom. The van der Waals surface area contributed by atoms with Crippen molar-refractivity contribution >= 4 is 11.9 Å². The minimum atomic E-state index is 0.240. The van der Waals surface area contributed by atoms with E-state index in [9.17, 15) is 0 Å². The third-order valence-electron chi connectivity index (χ3n) is 4.45. The van der Waals surface area contributed by atoms with Crippen molar-refractivity contribution in [3.05, 3.63) is 108 Å². The fraction of sp³-hybridized carbons (Fsp3) is 0.250. The Balaban J connectivity index is 0.000000602. The SMILES string of the molecule is C=CNN.CC.CNc1cccc(C)c1COc1cccc(C=N)c1.OCCc1ccccc1. The van der Waals surface area contributed by atoms with E-state index < -0.39 is 0 Å². The van der Waals surface area contributed by atoms with Crippen molar-refractivity contribution < 1.29 is 9.84 Å². The van der Waals surface area contributed by atoms with Crippen molar-refractivity contribution in [3.63, 3.8) is 0 Å². The van der Waals surface area contributed by atoms with Crippen molar-refractivity contribution in [3.8, 4) is 5.75 Å². The number of nitrogens with two attached hydrogens (primary N) is 1. The van der Waals surface area contributed by atoms with Gasteiger partial charge in [0.15, 0.2) is 0 Å². The lowest BCUT2D eigenvalue weighted by Crippen LogP contribution is -2.11. The van der Waals surface area contributed by atoms with Gasteiger partial charge in [-0.25, -0.2) is 0 Å². The average Bonchev–Trinajstić information content (AvgIpc) is 2.90. The van der Waals surface area contributed by atoms with Gasteiger partial charge in [0, 0.05) is 37.3 Å². The van der Waals surface area contributed by atoms with Crippen LogP contribution in [0.2, 0.25) is 0 Å². The predicted octanol–water partition coefficient (Wildman–Crippen LogP) is 5.45. The largest absolute Gasteiger partial charge is 0.489 e. The normalized spacial score (nSPS) is 8.88. The molecule has 3 aromatic rings. The Morgan fingerprint density at radius 3 is 2.24 bits per heavy atom. The highest BCUT2D eigenvalue weighted by Gasteiger charge is 2.05. The number of aryl methyl sites for hydroxylation is 1. The molecule has 0 amide bonds. The zero-order valence-corrected chi connectivity index (χ0v) is 20.8. The van der Waals surface area contributed by atoms with Crippen LogP contribution in [0.15, 0.2) is 85.6 Å². The topological polar surface area (TPSA) is 103 Å². The first kappa shape index (κ1) is 30.4. The van der Waals surface area contributed by atoms with Crippen LogP contribution in [-0.4, -0.2) is 25.0 Å². The van der Waals surface area contributed by atoms with Crippen LogP contribution < -0.4 is 21.3 Å². The van der Waals surface area contributed by atoms with Gasteiger partial charge in [-0.3, -0.25) is 5.84 Å². The van der Waals surface area contributed by atoms with Gasteiger partial charge in [-0.05, 0) is 48.2 Å². The summed E-state index contributed by atoms with van der Waals surface area (Å²) in [7, 11) is 1.91. The minimum Gasteiger partial charge on any atom is -0.489 e. The molecule has 0 spiro atoms. The first-order valence-electron chi connectivity index (χ1n) is 11.3. The summed E-state index contributed by atoms with van der Waals surface area (Å²) in [5.41, 5.74) is 7.68. The van der Waals surface area contributed by atoms with Gasteiger partial charge in [0.1, 0.15) is 12.4 Å². The number of ether oxygens (including phenoxy) is 1. The molecule has 6 nitrogen and oxygen atoms in total. The predicted molar refractivity (Wildman–Crippen MR) is 145 cm³/mol. The fourth-order valence-electron chi connectivity index (χ4n) is 2.75. The summed E-state index contributed by atoms with van der Waals surface area (Å²) in [5.74, 6) is 5.44. The van der Waals surface area contributed by atoms with E-state index in [1.807, 2.05) is 87.6 Å². The second-order valence-electron chi connectivity index (χ2n) is 6.69. The van der Waals surface area contributed by atoms with Gasteiger partial charge in [-0.1, -0.05) is 75.0 Å². The lowest BCUT2D eigenvalue weighted by molar-refractivity contribution is 0.299. The molecule has 0 atom stereocenters. The van der Waals surface area contributed by atoms with Crippen molar-refractivity contribution in [2.45, 2.75) is 33.8 Å². The molecule has 0 fully saturated rings. The number of nitrogens with one attached hydrogen (secondary N) is 3. The molecule has 0 heterocycles. The molecular weight excluding hydrogens is 424 g/mol. The zero-order valence-electron chi connectivity index (χ0n) is 20.8. The highest BCUT2D eigenvalue weighted by molar-refractivity contribution is 5.77. The Morgan fingerprint density at radius 2 is 1.68 bits per heavy atom. The van der Waals surface area contributed by atoms with Crippen LogP contribution in [0, 0.1) is 12.3 Å². The van der Waals surface area contributed by atoms with Crippen molar-refractivity contribution in [2.75, 3.05) is 19.0 Å². The summed E-state index contributed by atoms with van der Waals surface area (Å²) >= 11 is 0. The Hall–Kier alpha value is -3.61. The van der Waals surface area contributed by atoms with E-state index in [0.29, 0.717) is 6.61 Å². The highest BCUT2D eigenvalue weighted by Crippen LogP contribution is 2.22. The molecule has 0 aliphatic heterocycles. The summed E-state index contributed by atoms with van der Waals surface area (Å²) < 4.78 is 5.81. The second kappa shape index (κ2) is 20.0. The highest BCUT2D eigenvalue weighted by atomic mass is 16.5. The summed E-state index contributed by atoms with van der Waals surface area (Å²) in [6.07, 6.45) is 3.49. The molecule has 0 aliphatic carbocycles. The van der Waals surface area contributed by atoms with Gasteiger partial charge in [0.05, 0.1) is 0 Å². The molecule has 0 radical (unpaired) electrons. The third-order valence-corrected chi connectivity index (χ3v) is 4.45. The molecule has 34 heavy (non-hydrogen) atoms. The van der Waals surface area contributed by atoms with E-state index in [0.717, 1.165) is 29.0 Å². The number of rotatable bonds is 8. The van der Waals surface area contributed by atoms with Crippen LogP contribution in [0.25, 0.3) is 0 Å². The summed E-state index contributed by atoms with van der Waals surface area (Å²) in [5, 5.41) is 18.9. The molecule has 6 heteroatoms. The Bertz CT molecular complexity index is 931. The van der Waals surface area contributed by atoms with Crippen LogP contribution in [0.3, 0.4) is 0 Å². The quantitative estimate of drug-likeness (QED) is 0.173. The van der Waals surface area contributed by atoms with Gasteiger partial charge in [-0.2, -0.15) is 0 Å². The molecule has 0 saturated carbocycles. The smallest absolute Gasteiger partial charge is 0.120 e. The van der Waals surface area contributed by atoms with Gasteiger partial charge in [0.2, 0.25) is 0 Å². The monoisotopic (exact) mass is 464 g/mol. The lowest BCUT2D eigenvalue weighted by Gasteiger charge is -2.13. The standard InChI is InChI=1S/C16H18N2O.C8H10O.C2H6N2.C2H6/c1-12-5-3-8-16(18-2)15(12)11-19-14-7-4-6-13(9-14)10-17;9-7-6-8-4-2-1-3-5-8;1-2-4-3;1-2/h3-10,17-18H,11H2,1-2H3;1-5,9H,6-7H2;2,4H,1,3H2;1-2H3. The fourth-order valence-corrected chi connectivity index (χ4v) is 2.75. The second-order valence-corrected chi connectivity index (χ2v) is 6.69. The van der Waals surface area contributed by atoms with Gasteiger partial charge in [-0.15, -0.1) is 0 Å². The van der Waals surface area contributed by atoms with E-state index in [1.54, 1.807) is 0 Å². The van der Waals surface area contributed by atoms with Crippen LogP contribution >= 0.6 is 0 Å². The maximum atomic E-state index is 8.52. The molecule has 0 bridgehead atoms. The number of hydrogen-bond acceptors (Lipinski definition) is 6. The van der Waals surface area contributed by atoms with E-state index >= 15 is 0 Å². The zero-order chi connectivity index (χ0) is 25.6. The number of aliphatic hydroxyl groups excluding tert-OH is 1. The Labute approximate surface area is 205 Å². The molecule has 6 N–H and O–H groups in total. The third kappa shape index (κ3) is 12.4. The average molecular weight is 465 g/mol. The first-order valence-corrected chi connectivity index (χ1v) is 11.3. The molecule has 0 saturated heterocycles. The molecular formula is C28H40N4O2. The summed E-state index contributed by atoms with van der Waals surface area (Å²) in [6, 6.07) is 23.6. The first-order chi connectivity index (χ1) is 16.6. The lowest BCUT2D eigenvalue weighted by atomic mass is 10.1. The van der Waals surface area contributed by atoms with E-state index in [2.05, 4.69) is 36.2 Å². The molecule has 0 unspecified atom stereocenters. The number of benzene rings is 3. The van der Waals surface area contributed by atoms with Crippen LogP contribution in [0.4, 0.5) is 5.69 Å². The van der Waals surface area contributed by atoms with E-state index in [-0.39, 0.29) is 6.61 Å². The minimum absolute atomic E-state index is 0.240. The number of hydrazine groups is 1. The molecule has 0 aromatic heterocycles. The van der Waals surface area contributed by atoms with Gasteiger partial charge < -0.3 is 26.0 Å². The molecule has 0 aliphatic rings. The van der Waals surface area contributed by atoms with Crippen LogP contribution in [0.5, 0.6) is 5.75 Å². The number of hydrogen-bond donors (Lipinski definition) is 5. The number of anilines is 1. The van der Waals surface area contributed by atoms with Gasteiger partial charge >= 0.3 is 0 Å². The van der Waals surface area contributed by atoms with E-state index in [1.165, 1.54) is 23.5 Å². The maximum Gasteiger partial charge on any atom is 0.120 e. The molecule has 3 aromatic carbocycles. The van der Waals surface area contributed by atoms with Gasteiger partial charge in [0.25, 0.3) is 0 Å². The van der Waals surface area contributed by atoms with E-state index in [4.69, 9.17) is 15.3 Å². The summed E-state index contributed by atoms with van der Waals surface area (Å²) in [6.45, 7) is 10.1. The van der Waals surface area contributed by atoms with Crippen LogP contribution in [0.1, 0.15) is 36.1 Å². The molecule has 184 valence electrons. The maximum absolute atomic E-state index is 8.52. The molecule has 3 rings (SSSR count). The van der Waals surface area contributed by atoms with Crippen molar-refractivity contribution in [2.24, 2.45) is 5.84 Å². The number of aliphatic hydroxyl groups is 1. The van der Waals surface area contributed by atoms with Crippen molar-refractivity contribution in [1.29, 1.82) is 5.41 Å². The van der Waals surface area contributed by atoms with Crippen molar-refractivity contribution in [1.82, 2.24) is 5.43 Å². The summed E-state index contributed by atoms with van der Waals surface area (Å²) in [4.78, 5) is 0. The van der Waals surface area contributed by atoms with Crippen LogP contribution in [-0.2, 0) is 13.0 Å².